The van der Waals surface area contributed by atoms with E-state index in [4.69, 9.17) is 18.4 Å². The molecule has 0 aliphatic rings. The number of hydrogen-bond donors (Lipinski definition) is 1. The molecule has 0 aromatic rings. The van der Waals surface area contributed by atoms with E-state index in [1.807, 2.05) is 6.92 Å². The van der Waals surface area contributed by atoms with E-state index in [2.05, 4.69) is 0 Å². The first-order valence-corrected chi connectivity index (χ1v) is 6.43. The van der Waals surface area contributed by atoms with Gasteiger partial charge in [-0.3, -0.25) is 0 Å². The average Bonchev–Trinajstić information content (AvgIpc) is 2.24. The van der Waals surface area contributed by atoms with Gasteiger partial charge in [0.05, 0.1) is 0 Å². The van der Waals surface area contributed by atoms with Gasteiger partial charge in [-0.15, -0.1) is 0 Å². The maximum atomic E-state index is 10.4. The fourth-order valence-electron chi connectivity index (χ4n) is 1.41. The predicted molar refractivity (Wildman–Crippen MR) is 57.6 cm³/mol. The molecule has 0 radical (unpaired) electrons. The van der Waals surface area contributed by atoms with Gasteiger partial charge in [-0.2, -0.15) is 0 Å². The molecular formula is C9H18O5Si. The van der Waals surface area contributed by atoms with Crippen LogP contribution < -0.4 is 0 Å². The Morgan fingerprint density at radius 2 is 1.80 bits per heavy atom. The van der Waals surface area contributed by atoms with Crippen LogP contribution >= 0.6 is 0 Å². The van der Waals surface area contributed by atoms with E-state index in [9.17, 15) is 4.79 Å². The van der Waals surface area contributed by atoms with Crippen LogP contribution in [-0.4, -0.2) is 41.2 Å². The van der Waals surface area contributed by atoms with Gasteiger partial charge in [0.25, 0.3) is 0 Å². The van der Waals surface area contributed by atoms with Crippen molar-refractivity contribution >= 4 is 14.8 Å². The van der Waals surface area contributed by atoms with Gasteiger partial charge in [-0.25, -0.2) is 4.79 Å². The van der Waals surface area contributed by atoms with E-state index in [0.29, 0.717) is 6.42 Å². The van der Waals surface area contributed by atoms with Gasteiger partial charge in [0.15, 0.2) is 0 Å². The third kappa shape index (κ3) is 3.75. The minimum atomic E-state index is -2.76. The second-order valence-corrected chi connectivity index (χ2v) is 6.10. The summed E-state index contributed by atoms with van der Waals surface area (Å²) in [5.41, 5.74) is -0.145. The Hall–Kier alpha value is -0.693. The lowest BCUT2D eigenvalue weighted by Gasteiger charge is -2.29. The van der Waals surface area contributed by atoms with E-state index >= 15 is 0 Å². The molecule has 5 nitrogen and oxygen atoms in total. The summed E-state index contributed by atoms with van der Waals surface area (Å²) in [6.45, 7) is 1.93. The zero-order valence-electron chi connectivity index (χ0n) is 9.52. The van der Waals surface area contributed by atoms with E-state index in [0.717, 1.165) is 6.08 Å². The van der Waals surface area contributed by atoms with Crippen LogP contribution in [0.1, 0.15) is 13.3 Å². The summed E-state index contributed by atoms with van der Waals surface area (Å²) in [6, 6.07) is 0. The third-order valence-electron chi connectivity index (χ3n) is 2.22. The summed E-state index contributed by atoms with van der Waals surface area (Å²) < 4.78 is 15.8. The van der Waals surface area contributed by atoms with Crippen molar-refractivity contribution in [3.63, 3.8) is 0 Å². The number of rotatable bonds is 7. The fraction of sp³-hybridized carbons (Fsp3) is 0.667. The SMILES string of the molecule is CCC(/C=C/C(=O)O)[Si](OC)(OC)OC. The zero-order chi connectivity index (χ0) is 11.9. The van der Waals surface area contributed by atoms with Gasteiger partial charge in [0.2, 0.25) is 0 Å². The number of carboxylic acid groups (broad SMARTS) is 1. The van der Waals surface area contributed by atoms with Gasteiger partial charge in [-0.1, -0.05) is 13.0 Å². The van der Waals surface area contributed by atoms with Crippen molar-refractivity contribution < 1.29 is 23.2 Å². The topological polar surface area (TPSA) is 65.0 Å². The Balaban J connectivity index is 4.81. The molecule has 0 heterocycles. The summed E-state index contributed by atoms with van der Waals surface area (Å²) in [5.74, 6) is -0.986. The monoisotopic (exact) mass is 234 g/mol. The largest absolute Gasteiger partial charge is 0.507 e. The molecular weight excluding hydrogens is 216 g/mol. The molecule has 0 aliphatic heterocycles. The van der Waals surface area contributed by atoms with Crippen molar-refractivity contribution in [2.24, 2.45) is 0 Å². The molecule has 6 heteroatoms. The molecule has 1 N–H and O–H groups in total. The first kappa shape index (κ1) is 14.3. The van der Waals surface area contributed by atoms with Crippen LogP contribution in [0.15, 0.2) is 12.2 Å². The molecule has 15 heavy (non-hydrogen) atoms. The quantitative estimate of drug-likeness (QED) is 0.531. The molecule has 0 spiro atoms. The standard InChI is InChI=1S/C9H18O5Si/c1-5-8(6-7-9(10)11)15(12-2,13-3)14-4/h6-8H,5H2,1-4H3,(H,10,11)/b7-6+. The fourth-order valence-corrected chi connectivity index (χ4v) is 3.65. The minimum absolute atomic E-state index is 0.145. The lowest BCUT2D eigenvalue weighted by Crippen LogP contribution is -2.47. The lowest BCUT2D eigenvalue weighted by molar-refractivity contribution is -0.131. The van der Waals surface area contributed by atoms with Crippen LogP contribution in [0.25, 0.3) is 0 Å². The normalized spacial score (nSPS) is 14.4. The van der Waals surface area contributed by atoms with Gasteiger partial charge >= 0.3 is 14.8 Å². The van der Waals surface area contributed by atoms with E-state index in [1.165, 1.54) is 21.3 Å². The summed E-state index contributed by atoms with van der Waals surface area (Å²) >= 11 is 0. The maximum absolute atomic E-state index is 10.4. The number of carboxylic acids is 1. The van der Waals surface area contributed by atoms with E-state index in [1.54, 1.807) is 6.08 Å². The summed E-state index contributed by atoms with van der Waals surface area (Å²) in [7, 11) is 1.77. The van der Waals surface area contributed by atoms with Gasteiger partial charge in [-0.05, 0) is 6.42 Å². The highest BCUT2D eigenvalue weighted by Gasteiger charge is 2.44. The highest BCUT2D eigenvalue weighted by atomic mass is 28.4. The van der Waals surface area contributed by atoms with Gasteiger partial charge in [0, 0.05) is 32.9 Å². The van der Waals surface area contributed by atoms with Crippen LogP contribution in [0.3, 0.4) is 0 Å². The molecule has 88 valence electrons. The number of hydrogen-bond acceptors (Lipinski definition) is 4. The number of allylic oxidation sites excluding steroid dienone is 1. The molecule has 0 saturated heterocycles. The molecule has 0 rings (SSSR count). The Morgan fingerprint density at radius 3 is 2.07 bits per heavy atom. The van der Waals surface area contributed by atoms with Crippen molar-refractivity contribution in [3.8, 4) is 0 Å². The van der Waals surface area contributed by atoms with Crippen LogP contribution in [0, 0.1) is 0 Å². The third-order valence-corrected chi connectivity index (χ3v) is 5.43. The molecule has 0 saturated carbocycles. The molecule has 0 fully saturated rings. The predicted octanol–water partition coefficient (Wildman–Crippen LogP) is 1.29. The van der Waals surface area contributed by atoms with Crippen LogP contribution in [0.2, 0.25) is 5.54 Å². The smallest absolute Gasteiger partial charge is 0.478 e. The molecule has 1 unspecified atom stereocenters. The van der Waals surface area contributed by atoms with Crippen molar-refractivity contribution in [3.05, 3.63) is 12.2 Å². The van der Waals surface area contributed by atoms with Crippen molar-refractivity contribution in [2.45, 2.75) is 18.9 Å². The molecule has 0 bridgehead atoms. The highest BCUT2D eigenvalue weighted by molar-refractivity contribution is 6.62. The first-order valence-electron chi connectivity index (χ1n) is 4.62. The average molecular weight is 234 g/mol. The van der Waals surface area contributed by atoms with Crippen LogP contribution in [0.4, 0.5) is 0 Å². The Morgan fingerprint density at radius 1 is 1.33 bits per heavy atom. The van der Waals surface area contributed by atoms with E-state index in [-0.39, 0.29) is 5.54 Å². The van der Waals surface area contributed by atoms with Gasteiger partial charge < -0.3 is 18.4 Å². The first-order chi connectivity index (χ1) is 7.06. The second kappa shape index (κ2) is 6.73. The lowest BCUT2D eigenvalue weighted by atomic mass is 10.3. The van der Waals surface area contributed by atoms with Crippen LogP contribution in [-0.2, 0) is 18.1 Å². The summed E-state index contributed by atoms with van der Waals surface area (Å²) in [4.78, 5) is 10.4. The number of carbonyl (C=O) groups is 1. The Labute approximate surface area is 91.0 Å². The Kier molecular flexibility index (Phi) is 6.42. The maximum Gasteiger partial charge on any atom is 0.507 e. The van der Waals surface area contributed by atoms with E-state index < -0.39 is 14.8 Å². The molecule has 0 aromatic carbocycles. The molecule has 0 aromatic heterocycles. The summed E-state index contributed by atoms with van der Waals surface area (Å²) in [5, 5.41) is 8.55. The Bertz CT molecular complexity index is 216. The minimum Gasteiger partial charge on any atom is -0.478 e. The molecule has 0 aliphatic carbocycles. The second-order valence-electron chi connectivity index (χ2n) is 2.93. The highest BCUT2D eigenvalue weighted by Crippen LogP contribution is 2.28. The number of aliphatic carboxylic acids is 1. The van der Waals surface area contributed by atoms with Crippen LogP contribution in [0.5, 0.6) is 0 Å². The zero-order valence-corrected chi connectivity index (χ0v) is 10.5. The van der Waals surface area contributed by atoms with Crippen molar-refractivity contribution in [1.29, 1.82) is 0 Å². The van der Waals surface area contributed by atoms with Gasteiger partial charge in [0.1, 0.15) is 0 Å². The van der Waals surface area contributed by atoms with Crippen molar-refractivity contribution in [2.75, 3.05) is 21.3 Å². The molecule has 1 atom stereocenters. The van der Waals surface area contributed by atoms with Crippen molar-refractivity contribution in [1.82, 2.24) is 0 Å². The summed E-state index contributed by atoms with van der Waals surface area (Å²) in [6.07, 6.45) is 3.35. The molecule has 0 amide bonds.